The van der Waals surface area contributed by atoms with Gasteiger partial charge in [-0.1, -0.05) is 79.7 Å². The Kier molecular flexibility index (Phi) is 15.2. The minimum Gasteiger partial charge on any atom is -0.508 e. The minimum absolute atomic E-state index is 0. The van der Waals surface area contributed by atoms with Crippen molar-refractivity contribution in [3.8, 4) is 5.75 Å². The number of rotatable bonds is 0. The van der Waals surface area contributed by atoms with Gasteiger partial charge in [-0.2, -0.15) is 66.9 Å². The van der Waals surface area contributed by atoms with Crippen LogP contribution in [0.3, 0.4) is 0 Å². The molecule has 0 spiro atoms. The van der Waals surface area contributed by atoms with Gasteiger partial charge in [-0.15, -0.1) is 24.3 Å². The van der Waals surface area contributed by atoms with Crippen molar-refractivity contribution in [2.24, 2.45) is 0 Å². The van der Waals surface area contributed by atoms with Gasteiger partial charge >= 0.3 is 26.2 Å². The quantitative estimate of drug-likeness (QED) is 0.208. The second kappa shape index (κ2) is 16.3. The van der Waals surface area contributed by atoms with Gasteiger partial charge in [-0.25, -0.2) is 11.6 Å². The average Bonchev–Trinajstić information content (AvgIpc) is 3.17. The van der Waals surface area contributed by atoms with Crippen LogP contribution in [0.5, 0.6) is 5.75 Å². The molecule has 37 heavy (non-hydrogen) atoms. The van der Waals surface area contributed by atoms with E-state index < -0.39 is 0 Å². The first-order chi connectivity index (χ1) is 16.7. The van der Waals surface area contributed by atoms with Gasteiger partial charge in [0.25, 0.3) is 0 Å². The molecule has 0 aliphatic carbocycles. The zero-order chi connectivity index (χ0) is 27.4. The second-order valence-corrected chi connectivity index (χ2v) is 11.2. The van der Waals surface area contributed by atoms with Crippen LogP contribution in [0.1, 0.15) is 74.9 Å². The van der Waals surface area contributed by atoms with Crippen LogP contribution >= 0.6 is 0 Å². The number of hydrogen-bond acceptors (Lipinski definition) is 1. The van der Waals surface area contributed by atoms with Crippen LogP contribution in [-0.2, 0) is 37.0 Å². The fourth-order valence-electron chi connectivity index (χ4n) is 3.31. The zero-order valence-corrected chi connectivity index (χ0v) is 26.6. The summed E-state index contributed by atoms with van der Waals surface area (Å²) in [6.45, 7) is 24.4. The van der Waals surface area contributed by atoms with Crippen LogP contribution in [0.4, 0.5) is 0 Å². The van der Waals surface area contributed by atoms with Gasteiger partial charge in [0.1, 0.15) is 5.75 Å². The molecule has 0 aliphatic heterocycles. The molecule has 0 heterocycles. The summed E-state index contributed by atoms with van der Waals surface area (Å²) in [5, 5.41) is 9.99. The monoisotopic (exact) mass is 571 g/mol. The van der Waals surface area contributed by atoms with Crippen LogP contribution in [0.25, 0.3) is 0 Å². The first kappa shape index (κ1) is 34.4. The maximum absolute atomic E-state index is 9.99. The third-order valence-corrected chi connectivity index (χ3v) is 5.42. The van der Waals surface area contributed by atoms with Crippen LogP contribution in [0.2, 0.25) is 0 Å². The Bertz CT molecular complexity index is 1070. The second-order valence-electron chi connectivity index (χ2n) is 11.2. The maximum atomic E-state index is 9.99. The van der Waals surface area contributed by atoms with Gasteiger partial charge in [0.2, 0.25) is 0 Å². The third-order valence-electron chi connectivity index (χ3n) is 5.42. The van der Waals surface area contributed by atoms with E-state index >= 15 is 0 Å². The van der Waals surface area contributed by atoms with Crippen LogP contribution in [0.15, 0.2) is 97.1 Å². The van der Waals surface area contributed by atoms with Gasteiger partial charge in [-0.05, 0) is 28.0 Å². The number of hydrogen-bond donors (Lipinski definition) is 1. The molecule has 0 atom stereocenters. The summed E-state index contributed by atoms with van der Waals surface area (Å²) in [5.41, 5.74) is 7.14. The number of aryl methyl sites for hydroxylation is 2. The standard InChI is InChI=1S/C14H22O.C7H9.2C7H7.Zr/c1-13(2,3)10-7-8-11(12(15)9-10)14(4,5)6;1-6-3-4-7(2)5-6;2*1-7-5-3-2-4-6-7;/h7-9,15H,1-6H3;3-5H,1-2H3;2*2-6H,1H2;/q;3*-1;+3. The van der Waals surface area contributed by atoms with E-state index in [0.29, 0.717) is 5.75 Å². The fraction of sp³-hybridized carbons (Fsp3) is 0.286. The topological polar surface area (TPSA) is 20.2 Å². The molecule has 2 heteroatoms. The SMILES string of the molecule is CC(C)(C)c1ccc(C(C)(C)C)c(O)c1.Cc1cc[c-](C)c1.[CH2-]c1ccccc1.[CH2-]c1ccccc1.[Zr+3]. The van der Waals surface area contributed by atoms with Crippen molar-refractivity contribution >= 4 is 0 Å². The summed E-state index contributed by atoms with van der Waals surface area (Å²) in [6, 6.07) is 32.2. The van der Waals surface area contributed by atoms with Crippen molar-refractivity contribution in [3.05, 3.63) is 144 Å². The molecule has 0 unspecified atom stereocenters. The smallest absolute Gasteiger partial charge is 0.508 e. The Morgan fingerprint density at radius 2 is 1.14 bits per heavy atom. The molecule has 4 rings (SSSR count). The van der Waals surface area contributed by atoms with E-state index in [1.807, 2.05) is 72.8 Å². The molecule has 0 bridgehead atoms. The molecule has 0 saturated heterocycles. The van der Waals surface area contributed by atoms with Crippen molar-refractivity contribution in [3.63, 3.8) is 0 Å². The summed E-state index contributed by atoms with van der Waals surface area (Å²) < 4.78 is 0. The Morgan fingerprint density at radius 3 is 1.35 bits per heavy atom. The van der Waals surface area contributed by atoms with Gasteiger partial charge in [0.05, 0.1) is 0 Å². The van der Waals surface area contributed by atoms with E-state index in [4.69, 9.17) is 0 Å². The molecule has 0 aliphatic rings. The normalized spacial score (nSPS) is 10.3. The van der Waals surface area contributed by atoms with Crippen molar-refractivity contribution in [2.75, 3.05) is 0 Å². The fourth-order valence-corrected chi connectivity index (χ4v) is 3.31. The largest absolute Gasteiger partial charge is 3.00 e. The first-order valence-electron chi connectivity index (χ1n) is 12.5. The zero-order valence-electron chi connectivity index (χ0n) is 24.1. The van der Waals surface area contributed by atoms with Crippen molar-refractivity contribution in [1.82, 2.24) is 0 Å². The number of benzene rings is 3. The maximum Gasteiger partial charge on any atom is 3.00 e. The summed E-state index contributed by atoms with van der Waals surface area (Å²) in [6.07, 6.45) is 0. The van der Waals surface area contributed by atoms with Gasteiger partial charge < -0.3 is 5.11 Å². The molecule has 0 fully saturated rings. The molecule has 0 saturated carbocycles. The first-order valence-corrected chi connectivity index (χ1v) is 12.5. The van der Waals surface area contributed by atoms with Gasteiger partial charge in [0.15, 0.2) is 0 Å². The molecule has 1 N–H and O–H groups in total. The minimum atomic E-state index is 0. The van der Waals surface area contributed by atoms with Gasteiger partial charge in [-0.3, -0.25) is 0 Å². The van der Waals surface area contributed by atoms with Crippen LogP contribution in [0, 0.1) is 27.7 Å². The summed E-state index contributed by atoms with van der Waals surface area (Å²) in [7, 11) is 0. The van der Waals surface area contributed by atoms with E-state index in [2.05, 4.69) is 93.5 Å². The van der Waals surface area contributed by atoms with E-state index in [9.17, 15) is 5.11 Å². The number of aromatic hydroxyl groups is 1. The average molecular weight is 573 g/mol. The molecular weight excluding hydrogens is 528 g/mol. The van der Waals surface area contributed by atoms with Crippen molar-refractivity contribution < 1.29 is 31.3 Å². The molecule has 4 aromatic carbocycles. The number of phenols is 1. The van der Waals surface area contributed by atoms with E-state index in [1.54, 1.807) is 0 Å². The Hall–Kier alpha value is -2.57. The summed E-state index contributed by atoms with van der Waals surface area (Å²) >= 11 is 0. The molecule has 195 valence electrons. The van der Waals surface area contributed by atoms with Crippen molar-refractivity contribution in [2.45, 2.75) is 66.2 Å². The van der Waals surface area contributed by atoms with Crippen LogP contribution in [-0.4, -0.2) is 5.11 Å². The van der Waals surface area contributed by atoms with E-state index in [0.717, 1.165) is 16.7 Å². The van der Waals surface area contributed by atoms with Crippen molar-refractivity contribution in [1.29, 1.82) is 0 Å². The van der Waals surface area contributed by atoms with Gasteiger partial charge in [0, 0.05) is 0 Å². The molecular formula is C35H45OZr. The molecule has 1 nitrogen and oxygen atoms in total. The van der Waals surface area contributed by atoms with E-state index in [-0.39, 0.29) is 37.0 Å². The molecule has 1 radical (unpaired) electrons. The van der Waals surface area contributed by atoms with E-state index in [1.165, 1.54) is 16.7 Å². The van der Waals surface area contributed by atoms with Crippen LogP contribution < -0.4 is 0 Å². The third kappa shape index (κ3) is 14.7. The summed E-state index contributed by atoms with van der Waals surface area (Å²) in [5.74, 6) is 0.412. The predicted octanol–water partition coefficient (Wildman–Crippen LogP) is 9.74. The Morgan fingerprint density at radius 1 is 0.676 bits per heavy atom. The molecule has 0 aromatic heterocycles. The Labute approximate surface area is 246 Å². The molecule has 0 amide bonds. The Balaban J connectivity index is 0.000000497. The number of phenolic OH excluding ortho intramolecular Hbond substituents is 1. The predicted molar refractivity (Wildman–Crippen MR) is 159 cm³/mol. The summed E-state index contributed by atoms with van der Waals surface area (Å²) in [4.78, 5) is 0. The molecule has 4 aromatic rings.